The van der Waals surface area contributed by atoms with Gasteiger partial charge < -0.3 is 16.0 Å². The molecule has 0 saturated carbocycles. The van der Waals surface area contributed by atoms with Gasteiger partial charge in [0.2, 0.25) is 0 Å². The summed E-state index contributed by atoms with van der Waals surface area (Å²) in [6, 6.07) is 21.8. The number of amides is 1. The summed E-state index contributed by atoms with van der Waals surface area (Å²) in [7, 11) is 0. The first-order valence-corrected chi connectivity index (χ1v) is 10.0. The van der Waals surface area contributed by atoms with Crippen LogP contribution in [0.1, 0.15) is 23.6 Å². The number of nitro benzene ring substituents is 1. The number of hydrogen-bond donors (Lipinski definition) is 3. The summed E-state index contributed by atoms with van der Waals surface area (Å²) in [6.07, 6.45) is 0. The van der Waals surface area contributed by atoms with Crippen molar-refractivity contribution in [3.05, 3.63) is 99.6 Å². The summed E-state index contributed by atoms with van der Waals surface area (Å²) in [5, 5.41) is 20.8. The largest absolute Gasteiger partial charge is 0.354 e. The van der Waals surface area contributed by atoms with Crippen LogP contribution in [0, 0.1) is 10.1 Å². The fourth-order valence-electron chi connectivity index (χ4n) is 3.52. The predicted octanol–water partition coefficient (Wildman–Crippen LogP) is 4.64. The minimum atomic E-state index is -0.459. The van der Waals surface area contributed by atoms with E-state index in [1.54, 1.807) is 6.07 Å². The van der Waals surface area contributed by atoms with Gasteiger partial charge in [0.25, 0.3) is 11.6 Å². The summed E-state index contributed by atoms with van der Waals surface area (Å²) < 4.78 is 0. The number of non-ortho nitro benzene ring substituents is 1. The molecule has 1 amide bonds. The van der Waals surface area contributed by atoms with Crippen molar-refractivity contribution in [1.29, 1.82) is 0 Å². The van der Waals surface area contributed by atoms with Gasteiger partial charge in [0.1, 0.15) is 0 Å². The third-order valence-corrected chi connectivity index (χ3v) is 5.07. The highest BCUT2D eigenvalue weighted by atomic mass is 16.6. The first kappa shape index (κ1) is 20.3. The lowest BCUT2D eigenvalue weighted by Crippen LogP contribution is -2.12. The lowest BCUT2D eigenvalue weighted by Gasteiger charge is -2.15. The Labute approximate surface area is 180 Å². The number of carbonyl (C=O) groups is 1. The van der Waals surface area contributed by atoms with Crippen molar-refractivity contribution >= 4 is 34.2 Å². The van der Waals surface area contributed by atoms with E-state index in [-0.39, 0.29) is 11.6 Å². The number of nitrogens with one attached hydrogen (secondary N) is 3. The van der Waals surface area contributed by atoms with Crippen LogP contribution in [0.5, 0.6) is 0 Å². The van der Waals surface area contributed by atoms with E-state index in [1.807, 2.05) is 54.6 Å². The van der Waals surface area contributed by atoms with Crippen molar-refractivity contribution in [3.8, 4) is 0 Å². The zero-order valence-corrected chi connectivity index (χ0v) is 17.0. The van der Waals surface area contributed by atoms with Gasteiger partial charge in [0.15, 0.2) is 0 Å². The SMILES string of the molecule is CCNCc1ccc(N/C(=C2\C(=O)Nc3ccc([N+](=O)[O-])cc32)c2ccccc2)cc1. The number of anilines is 2. The van der Waals surface area contributed by atoms with E-state index in [0.717, 1.165) is 29.9 Å². The van der Waals surface area contributed by atoms with Gasteiger partial charge in [-0.2, -0.15) is 0 Å². The molecule has 3 aromatic rings. The van der Waals surface area contributed by atoms with Crippen LogP contribution in [0.4, 0.5) is 17.1 Å². The topological polar surface area (TPSA) is 96.3 Å². The number of benzene rings is 3. The summed E-state index contributed by atoms with van der Waals surface area (Å²) in [5.74, 6) is -0.300. The number of fused-ring (bicyclic) bond motifs is 1. The summed E-state index contributed by atoms with van der Waals surface area (Å²) in [6.45, 7) is 3.73. The molecular formula is C24H22N4O3. The van der Waals surface area contributed by atoms with E-state index in [2.05, 4.69) is 22.9 Å². The maximum atomic E-state index is 12.9. The van der Waals surface area contributed by atoms with Crippen LogP contribution in [-0.4, -0.2) is 17.4 Å². The molecular weight excluding hydrogens is 392 g/mol. The number of rotatable bonds is 7. The van der Waals surface area contributed by atoms with Crippen molar-refractivity contribution in [1.82, 2.24) is 5.32 Å². The van der Waals surface area contributed by atoms with Gasteiger partial charge in [-0.3, -0.25) is 14.9 Å². The Bertz CT molecular complexity index is 1160. The second-order valence-electron chi connectivity index (χ2n) is 7.16. The van der Waals surface area contributed by atoms with E-state index in [0.29, 0.717) is 22.5 Å². The monoisotopic (exact) mass is 414 g/mol. The number of carbonyl (C=O) groups excluding carboxylic acids is 1. The van der Waals surface area contributed by atoms with Crippen molar-refractivity contribution in [2.75, 3.05) is 17.2 Å². The van der Waals surface area contributed by atoms with Crippen LogP contribution in [0.25, 0.3) is 11.3 Å². The molecule has 4 rings (SSSR count). The third kappa shape index (κ3) is 4.31. The van der Waals surface area contributed by atoms with E-state index >= 15 is 0 Å². The maximum Gasteiger partial charge on any atom is 0.270 e. The minimum absolute atomic E-state index is 0.0621. The van der Waals surface area contributed by atoms with Gasteiger partial charge in [0.05, 0.1) is 16.2 Å². The predicted molar refractivity (Wildman–Crippen MR) is 122 cm³/mol. The average Bonchev–Trinajstić information content (AvgIpc) is 3.12. The molecule has 0 fully saturated rings. The Hall–Kier alpha value is -3.97. The van der Waals surface area contributed by atoms with Gasteiger partial charge >= 0.3 is 0 Å². The summed E-state index contributed by atoms with van der Waals surface area (Å²) in [4.78, 5) is 23.7. The quantitative estimate of drug-likeness (QED) is 0.297. The fourth-order valence-corrected chi connectivity index (χ4v) is 3.52. The fraction of sp³-hybridized carbons (Fsp3) is 0.125. The maximum absolute atomic E-state index is 12.9. The number of hydrogen-bond acceptors (Lipinski definition) is 5. The van der Waals surface area contributed by atoms with Crippen LogP contribution in [0.3, 0.4) is 0 Å². The van der Waals surface area contributed by atoms with E-state index in [1.165, 1.54) is 12.1 Å². The van der Waals surface area contributed by atoms with Crippen molar-refractivity contribution < 1.29 is 9.72 Å². The molecule has 7 heteroatoms. The van der Waals surface area contributed by atoms with Gasteiger partial charge in [-0.1, -0.05) is 49.4 Å². The van der Waals surface area contributed by atoms with Crippen LogP contribution >= 0.6 is 0 Å². The van der Waals surface area contributed by atoms with E-state index < -0.39 is 4.92 Å². The molecule has 0 atom stereocenters. The molecule has 3 N–H and O–H groups in total. The molecule has 0 saturated heterocycles. The smallest absolute Gasteiger partial charge is 0.270 e. The molecule has 3 aromatic carbocycles. The third-order valence-electron chi connectivity index (χ3n) is 5.07. The molecule has 0 aromatic heterocycles. The molecule has 31 heavy (non-hydrogen) atoms. The first-order valence-electron chi connectivity index (χ1n) is 10.0. The highest BCUT2D eigenvalue weighted by molar-refractivity contribution is 6.37. The lowest BCUT2D eigenvalue weighted by molar-refractivity contribution is -0.384. The Kier molecular flexibility index (Phi) is 5.77. The van der Waals surface area contributed by atoms with Crippen molar-refractivity contribution in [2.45, 2.75) is 13.5 Å². The van der Waals surface area contributed by atoms with Crippen LogP contribution in [0.15, 0.2) is 72.8 Å². The normalized spacial score (nSPS) is 14.0. The van der Waals surface area contributed by atoms with Crippen molar-refractivity contribution in [3.63, 3.8) is 0 Å². The molecule has 0 bridgehead atoms. The molecule has 1 aliphatic rings. The highest BCUT2D eigenvalue weighted by Crippen LogP contribution is 2.39. The zero-order valence-electron chi connectivity index (χ0n) is 17.0. The molecule has 0 spiro atoms. The first-order chi connectivity index (χ1) is 15.1. The molecule has 0 aliphatic carbocycles. The molecule has 156 valence electrons. The van der Waals surface area contributed by atoms with Crippen molar-refractivity contribution in [2.24, 2.45) is 0 Å². The van der Waals surface area contributed by atoms with E-state index in [9.17, 15) is 14.9 Å². The Morgan fingerprint density at radius 3 is 2.45 bits per heavy atom. The molecule has 7 nitrogen and oxygen atoms in total. The van der Waals surface area contributed by atoms with Gasteiger partial charge in [0, 0.05) is 35.6 Å². The second kappa shape index (κ2) is 8.81. The number of nitrogens with zero attached hydrogens (tertiary/aromatic N) is 1. The Morgan fingerprint density at radius 2 is 1.77 bits per heavy atom. The second-order valence-corrected chi connectivity index (χ2v) is 7.16. The zero-order chi connectivity index (χ0) is 21.8. The molecule has 0 unspecified atom stereocenters. The minimum Gasteiger partial charge on any atom is -0.354 e. The summed E-state index contributed by atoms with van der Waals surface area (Å²) >= 11 is 0. The standard InChI is InChI=1S/C24H22N4O3/c1-2-25-15-16-8-10-18(11-9-16)26-23(17-6-4-3-5-7-17)22-20-14-19(28(30)31)12-13-21(20)27-24(22)29/h3-14,25-26H,2,15H2,1H3,(H,27,29)/b23-22-. The highest BCUT2D eigenvalue weighted by Gasteiger charge is 2.30. The Morgan fingerprint density at radius 1 is 1.03 bits per heavy atom. The molecule has 1 aliphatic heterocycles. The van der Waals surface area contributed by atoms with Gasteiger partial charge in [-0.05, 0) is 35.9 Å². The molecule has 1 heterocycles. The van der Waals surface area contributed by atoms with Gasteiger partial charge in [-0.25, -0.2) is 0 Å². The van der Waals surface area contributed by atoms with Crippen LogP contribution in [0.2, 0.25) is 0 Å². The van der Waals surface area contributed by atoms with Gasteiger partial charge in [-0.15, -0.1) is 0 Å². The number of nitro groups is 1. The van der Waals surface area contributed by atoms with E-state index in [4.69, 9.17) is 0 Å². The molecule has 0 radical (unpaired) electrons. The lowest BCUT2D eigenvalue weighted by atomic mass is 9.99. The van der Waals surface area contributed by atoms with Crippen LogP contribution in [-0.2, 0) is 11.3 Å². The average molecular weight is 414 g/mol. The van der Waals surface area contributed by atoms with Crippen LogP contribution < -0.4 is 16.0 Å². The Balaban J connectivity index is 1.80. The summed E-state index contributed by atoms with van der Waals surface area (Å²) in [5.41, 5.74) is 4.75.